The van der Waals surface area contributed by atoms with Gasteiger partial charge in [-0.15, -0.1) is 17.6 Å². The topological polar surface area (TPSA) is 89.3 Å². The van der Waals surface area contributed by atoms with E-state index in [1.807, 2.05) is 26.0 Å². The lowest BCUT2D eigenvalue weighted by Gasteiger charge is -2.27. The smallest absolute Gasteiger partial charge is 0.484 e. The Labute approximate surface area is 239 Å². The molecule has 2 heterocycles. The second-order valence-electron chi connectivity index (χ2n) is 8.97. The number of furan rings is 1. The molecule has 0 saturated heterocycles. The Morgan fingerprint density at radius 2 is 1.49 bits per heavy atom. The highest BCUT2D eigenvalue weighted by Crippen LogP contribution is 2.38. The average molecular weight is 627 g/mol. The maximum atomic E-state index is 14.1. The van der Waals surface area contributed by atoms with Gasteiger partial charge in [-0.05, 0) is 50.1 Å². The highest BCUT2D eigenvalue weighted by atomic mass is 19.3. The first-order chi connectivity index (χ1) is 19.8. The highest BCUT2D eigenvalue weighted by Gasteiger charge is 2.57. The minimum Gasteiger partial charge on any atom is -0.484 e. The summed E-state index contributed by atoms with van der Waals surface area (Å²) in [5, 5.41) is 0.542. The zero-order chi connectivity index (χ0) is 32.2. The van der Waals surface area contributed by atoms with Crippen molar-refractivity contribution in [3.63, 3.8) is 0 Å². The number of halogens is 8. The van der Waals surface area contributed by atoms with Gasteiger partial charge < -0.3 is 13.9 Å². The van der Waals surface area contributed by atoms with Crippen LogP contribution in [0.2, 0.25) is 0 Å². The molecular formula is C27H25F8NO7. The maximum Gasteiger partial charge on any atom is 0.496 e. The van der Waals surface area contributed by atoms with Crippen LogP contribution in [0.1, 0.15) is 32.2 Å². The minimum absolute atomic E-state index is 0.179. The third-order valence-electron chi connectivity index (χ3n) is 5.39. The standard InChI is InChI=1S/C27H25F8NO7/c1-5-17-8-10-19(20(6-2)36-17)22-11-16-7-9-18(12-21(16)40-22)38-13-24(28,29)41-26(32,33)43-27(34,35)42-25(30,31)14-39-23(37)15(3)4/h7-12H,3,5-6,13-14H2,1-2,4H3. The van der Waals surface area contributed by atoms with Crippen molar-refractivity contribution in [1.82, 2.24) is 4.98 Å². The van der Waals surface area contributed by atoms with Crippen LogP contribution in [0.25, 0.3) is 22.3 Å². The first-order valence-corrected chi connectivity index (χ1v) is 12.4. The molecule has 0 spiro atoms. The van der Waals surface area contributed by atoms with E-state index in [-0.39, 0.29) is 11.3 Å². The molecule has 0 radical (unpaired) electrons. The Morgan fingerprint density at radius 1 is 0.860 bits per heavy atom. The summed E-state index contributed by atoms with van der Waals surface area (Å²) in [5.74, 6) is -1.31. The summed E-state index contributed by atoms with van der Waals surface area (Å²) in [6.45, 7) is 3.85. The number of benzene rings is 1. The summed E-state index contributed by atoms with van der Waals surface area (Å²) < 4.78 is 132. The Kier molecular flexibility index (Phi) is 10.1. The first kappa shape index (κ1) is 33.7. The molecule has 0 unspecified atom stereocenters. The third kappa shape index (κ3) is 9.62. The van der Waals surface area contributed by atoms with Gasteiger partial charge in [0.15, 0.2) is 13.2 Å². The summed E-state index contributed by atoms with van der Waals surface area (Å²) >= 11 is 0. The fourth-order valence-corrected chi connectivity index (χ4v) is 3.50. The molecule has 8 nitrogen and oxygen atoms in total. The summed E-state index contributed by atoms with van der Waals surface area (Å²) in [4.78, 5) is 15.7. The highest BCUT2D eigenvalue weighted by molar-refractivity contribution is 5.87. The van der Waals surface area contributed by atoms with Gasteiger partial charge in [0.05, 0.1) is 5.69 Å². The molecule has 2 aromatic heterocycles. The third-order valence-corrected chi connectivity index (χ3v) is 5.39. The fraction of sp³-hybridized carbons (Fsp3) is 0.407. The second kappa shape index (κ2) is 12.9. The average Bonchev–Trinajstić information content (AvgIpc) is 3.31. The van der Waals surface area contributed by atoms with E-state index in [0.717, 1.165) is 24.7 Å². The second-order valence-corrected chi connectivity index (χ2v) is 8.97. The maximum absolute atomic E-state index is 14.1. The number of nitrogens with zero attached hydrogens (tertiary/aromatic N) is 1. The number of carbonyl (C=O) groups is 1. The molecule has 0 aliphatic heterocycles. The predicted octanol–water partition coefficient (Wildman–Crippen LogP) is 7.45. The summed E-state index contributed by atoms with van der Waals surface area (Å²) in [7, 11) is 0. The molecular weight excluding hydrogens is 602 g/mol. The monoisotopic (exact) mass is 627 g/mol. The van der Waals surface area contributed by atoms with Gasteiger partial charge in [0.25, 0.3) is 0 Å². The van der Waals surface area contributed by atoms with Crippen molar-refractivity contribution in [3.05, 3.63) is 59.9 Å². The van der Waals surface area contributed by atoms with Crippen molar-refractivity contribution in [2.75, 3.05) is 13.2 Å². The van der Waals surface area contributed by atoms with Crippen molar-refractivity contribution < 1.29 is 68.0 Å². The van der Waals surface area contributed by atoms with E-state index >= 15 is 0 Å². The van der Waals surface area contributed by atoms with Crippen LogP contribution >= 0.6 is 0 Å². The van der Waals surface area contributed by atoms with Crippen LogP contribution in [0.3, 0.4) is 0 Å². The molecule has 0 amide bonds. The molecule has 0 atom stereocenters. The van der Waals surface area contributed by atoms with Gasteiger partial charge in [-0.25, -0.2) is 19.0 Å². The number of aromatic nitrogens is 1. The van der Waals surface area contributed by atoms with Gasteiger partial charge in [-0.3, -0.25) is 4.98 Å². The normalized spacial score (nSPS) is 12.9. The van der Waals surface area contributed by atoms with E-state index in [4.69, 9.17) is 9.15 Å². The lowest BCUT2D eigenvalue weighted by atomic mass is 10.1. The molecule has 0 saturated carbocycles. The number of carbonyl (C=O) groups excluding carboxylic acids is 1. The van der Waals surface area contributed by atoms with Crippen molar-refractivity contribution in [2.24, 2.45) is 0 Å². The number of esters is 1. The zero-order valence-corrected chi connectivity index (χ0v) is 22.8. The number of pyridine rings is 1. The lowest BCUT2D eigenvalue weighted by Crippen LogP contribution is -2.46. The molecule has 0 aliphatic carbocycles. The van der Waals surface area contributed by atoms with E-state index in [2.05, 4.69) is 30.5 Å². The summed E-state index contributed by atoms with van der Waals surface area (Å²) in [6.07, 6.45) is -20.5. The lowest BCUT2D eigenvalue weighted by molar-refractivity contribution is -0.574. The van der Waals surface area contributed by atoms with Gasteiger partial charge in [0.2, 0.25) is 0 Å². The van der Waals surface area contributed by atoms with E-state index in [0.29, 0.717) is 23.1 Å². The number of aryl methyl sites for hydroxylation is 2. The molecule has 3 rings (SSSR count). The van der Waals surface area contributed by atoms with Crippen molar-refractivity contribution >= 4 is 16.9 Å². The van der Waals surface area contributed by atoms with Crippen LogP contribution in [0.5, 0.6) is 5.75 Å². The van der Waals surface area contributed by atoms with E-state index in [1.165, 1.54) is 18.2 Å². The SMILES string of the molecule is C=C(C)C(=O)OCC(F)(F)OC(F)(F)OC(F)(F)OC(F)(F)COc1ccc2cc(-c3ccc(CC)nc3CC)oc2c1. The van der Waals surface area contributed by atoms with Crippen LogP contribution < -0.4 is 4.74 Å². The van der Waals surface area contributed by atoms with Gasteiger partial charge in [0, 0.05) is 28.3 Å². The van der Waals surface area contributed by atoms with Crippen LogP contribution in [0, 0.1) is 0 Å². The molecule has 1 aromatic carbocycles. The number of fused-ring (bicyclic) bond motifs is 1. The predicted molar refractivity (Wildman–Crippen MR) is 133 cm³/mol. The number of rotatable bonds is 15. The van der Waals surface area contributed by atoms with Gasteiger partial charge in [0.1, 0.15) is 17.1 Å². The van der Waals surface area contributed by atoms with Gasteiger partial charge in [-0.1, -0.05) is 20.4 Å². The molecule has 43 heavy (non-hydrogen) atoms. The Morgan fingerprint density at radius 3 is 2.07 bits per heavy atom. The molecule has 16 heteroatoms. The number of hydrogen-bond acceptors (Lipinski definition) is 8. The molecule has 236 valence electrons. The van der Waals surface area contributed by atoms with Gasteiger partial charge >= 0.3 is 30.8 Å². The van der Waals surface area contributed by atoms with Crippen LogP contribution in [-0.4, -0.2) is 49.0 Å². The summed E-state index contributed by atoms with van der Waals surface area (Å²) in [6, 6.07) is 9.14. The van der Waals surface area contributed by atoms with Crippen LogP contribution in [0.4, 0.5) is 35.1 Å². The number of hydrogen-bond donors (Lipinski definition) is 0. The summed E-state index contributed by atoms with van der Waals surface area (Å²) in [5.41, 5.74) is 2.13. The van der Waals surface area contributed by atoms with Crippen molar-refractivity contribution in [3.8, 4) is 17.1 Å². The molecule has 0 N–H and O–H groups in total. The van der Waals surface area contributed by atoms with Crippen molar-refractivity contribution in [2.45, 2.75) is 58.4 Å². The molecule has 0 aliphatic rings. The van der Waals surface area contributed by atoms with Crippen LogP contribution in [0.15, 0.2) is 53.0 Å². The molecule has 0 bridgehead atoms. The first-order valence-electron chi connectivity index (χ1n) is 12.4. The van der Waals surface area contributed by atoms with E-state index in [1.54, 1.807) is 6.07 Å². The Hall–Kier alpha value is -3.76. The molecule has 0 fully saturated rings. The molecule has 3 aromatic rings. The Balaban J connectivity index is 1.63. The Bertz CT molecular complexity index is 1460. The number of ether oxygens (including phenoxy) is 5. The largest absolute Gasteiger partial charge is 0.496 e. The van der Waals surface area contributed by atoms with Crippen LogP contribution in [-0.2, 0) is 36.6 Å². The fourth-order valence-electron chi connectivity index (χ4n) is 3.50. The zero-order valence-electron chi connectivity index (χ0n) is 22.8. The van der Waals surface area contributed by atoms with E-state index < -0.39 is 49.6 Å². The van der Waals surface area contributed by atoms with E-state index in [9.17, 15) is 39.9 Å². The number of alkyl halides is 8. The van der Waals surface area contributed by atoms with Gasteiger partial charge in [-0.2, -0.15) is 17.6 Å². The van der Waals surface area contributed by atoms with Crippen molar-refractivity contribution in [1.29, 1.82) is 0 Å². The minimum atomic E-state index is -5.88. The quantitative estimate of drug-likeness (QED) is 0.0743.